The van der Waals surface area contributed by atoms with Gasteiger partial charge in [-0.2, -0.15) is 0 Å². The zero-order valence-corrected chi connectivity index (χ0v) is 10.2. The third kappa shape index (κ3) is 1.88. The lowest BCUT2D eigenvalue weighted by Gasteiger charge is -2.16. The van der Waals surface area contributed by atoms with E-state index < -0.39 is 17.7 Å². The van der Waals surface area contributed by atoms with Gasteiger partial charge >= 0.3 is 5.97 Å². The molecule has 1 aliphatic rings. The molecule has 1 heterocycles. The lowest BCUT2D eigenvalue weighted by Crippen LogP contribution is -2.31. The number of carboxylic acids is 1. The van der Waals surface area contributed by atoms with Gasteiger partial charge in [-0.3, -0.25) is 14.4 Å². The molecular formula is C13H13NO4. The van der Waals surface area contributed by atoms with Crippen LogP contribution in [0.15, 0.2) is 12.1 Å². The predicted octanol–water partition coefficient (Wildman–Crippen LogP) is 1.31. The number of carboxylic acid groups (broad SMARTS) is 1. The molecule has 2 rings (SSSR count). The lowest BCUT2D eigenvalue weighted by atomic mass is 10.0. The van der Waals surface area contributed by atoms with Gasteiger partial charge < -0.3 is 10.0 Å². The largest absolute Gasteiger partial charge is 0.481 e. The Morgan fingerprint density at radius 3 is 2.56 bits per heavy atom. The molecule has 1 N–H and O–H groups in total. The van der Waals surface area contributed by atoms with Gasteiger partial charge in [0.25, 0.3) is 11.7 Å². The van der Waals surface area contributed by atoms with E-state index in [1.807, 2.05) is 13.0 Å². The van der Waals surface area contributed by atoms with Crippen molar-refractivity contribution in [2.24, 2.45) is 0 Å². The van der Waals surface area contributed by atoms with Crippen molar-refractivity contribution in [2.75, 3.05) is 11.4 Å². The van der Waals surface area contributed by atoms with E-state index in [9.17, 15) is 14.4 Å². The molecule has 0 spiro atoms. The second-order valence-electron chi connectivity index (χ2n) is 4.41. The summed E-state index contributed by atoms with van der Waals surface area (Å²) in [5.41, 5.74) is 2.62. The highest BCUT2D eigenvalue weighted by Crippen LogP contribution is 2.32. The molecule has 0 unspecified atom stereocenters. The summed E-state index contributed by atoms with van der Waals surface area (Å²) < 4.78 is 0. The highest BCUT2D eigenvalue weighted by Gasteiger charge is 2.37. The zero-order chi connectivity index (χ0) is 13.4. The molecule has 0 radical (unpaired) electrons. The van der Waals surface area contributed by atoms with Crippen molar-refractivity contribution >= 4 is 23.3 Å². The Hall–Kier alpha value is -2.17. The highest BCUT2D eigenvalue weighted by molar-refractivity contribution is 6.52. The summed E-state index contributed by atoms with van der Waals surface area (Å²) in [5.74, 6) is -2.18. The molecule has 1 amide bonds. The van der Waals surface area contributed by atoms with Crippen LogP contribution in [0.1, 0.15) is 27.9 Å². The van der Waals surface area contributed by atoms with Crippen molar-refractivity contribution in [3.05, 3.63) is 28.8 Å². The summed E-state index contributed by atoms with van der Waals surface area (Å²) in [5, 5.41) is 8.66. The van der Waals surface area contributed by atoms with Crippen LogP contribution in [0.5, 0.6) is 0 Å². The van der Waals surface area contributed by atoms with Crippen molar-refractivity contribution < 1.29 is 19.5 Å². The molecule has 1 aromatic carbocycles. The fourth-order valence-corrected chi connectivity index (χ4v) is 2.22. The smallest absolute Gasteiger partial charge is 0.305 e. The monoisotopic (exact) mass is 247 g/mol. The third-order valence-electron chi connectivity index (χ3n) is 2.97. The molecule has 94 valence electrons. The molecule has 5 heteroatoms. The van der Waals surface area contributed by atoms with Crippen LogP contribution in [0, 0.1) is 13.8 Å². The van der Waals surface area contributed by atoms with E-state index in [0.717, 1.165) is 11.1 Å². The molecule has 0 aromatic heterocycles. The Labute approximate surface area is 104 Å². The number of aliphatic carboxylic acids is 1. The molecule has 0 saturated carbocycles. The van der Waals surface area contributed by atoms with E-state index in [1.165, 1.54) is 4.90 Å². The standard InChI is InChI=1S/C13H13NO4/c1-7-5-8(2)11-9(6-7)14(4-3-10(15)16)13(18)12(11)17/h5-6H,3-4H2,1-2H3,(H,15,16). The molecule has 0 aliphatic carbocycles. The number of amides is 1. The third-order valence-corrected chi connectivity index (χ3v) is 2.97. The molecule has 0 fully saturated rings. The van der Waals surface area contributed by atoms with Gasteiger partial charge in [-0.15, -0.1) is 0 Å². The van der Waals surface area contributed by atoms with E-state index in [1.54, 1.807) is 13.0 Å². The summed E-state index contributed by atoms with van der Waals surface area (Å²) in [7, 11) is 0. The van der Waals surface area contributed by atoms with Crippen LogP contribution >= 0.6 is 0 Å². The number of anilines is 1. The molecule has 5 nitrogen and oxygen atoms in total. The summed E-state index contributed by atoms with van der Waals surface area (Å²) >= 11 is 0. The van der Waals surface area contributed by atoms with E-state index >= 15 is 0 Å². The van der Waals surface area contributed by atoms with Crippen LogP contribution in [-0.2, 0) is 9.59 Å². The van der Waals surface area contributed by atoms with Gasteiger partial charge in [0, 0.05) is 6.54 Å². The van der Waals surface area contributed by atoms with Gasteiger partial charge in [0.05, 0.1) is 17.7 Å². The maximum atomic E-state index is 11.8. The molecule has 0 saturated heterocycles. The number of hydrogen-bond acceptors (Lipinski definition) is 3. The van der Waals surface area contributed by atoms with Crippen LogP contribution in [-0.4, -0.2) is 29.3 Å². The zero-order valence-electron chi connectivity index (χ0n) is 10.2. The van der Waals surface area contributed by atoms with Gasteiger partial charge in [-0.1, -0.05) is 6.07 Å². The van der Waals surface area contributed by atoms with Crippen LogP contribution in [0.2, 0.25) is 0 Å². The lowest BCUT2D eigenvalue weighted by molar-refractivity contribution is -0.136. The topological polar surface area (TPSA) is 74.7 Å². The number of nitrogens with zero attached hydrogens (tertiary/aromatic N) is 1. The Kier molecular flexibility index (Phi) is 2.90. The van der Waals surface area contributed by atoms with E-state index in [-0.39, 0.29) is 13.0 Å². The van der Waals surface area contributed by atoms with Gasteiger partial charge in [0.15, 0.2) is 0 Å². The van der Waals surface area contributed by atoms with E-state index in [2.05, 4.69) is 0 Å². The van der Waals surface area contributed by atoms with Crippen LogP contribution in [0.4, 0.5) is 5.69 Å². The van der Waals surface area contributed by atoms with Crippen molar-refractivity contribution in [1.29, 1.82) is 0 Å². The van der Waals surface area contributed by atoms with Gasteiger partial charge in [-0.05, 0) is 31.0 Å². The number of carbonyl (C=O) groups excluding carboxylic acids is 2. The van der Waals surface area contributed by atoms with Crippen molar-refractivity contribution in [3.8, 4) is 0 Å². The number of hydrogen-bond donors (Lipinski definition) is 1. The summed E-state index contributed by atoms with van der Waals surface area (Å²) in [4.78, 5) is 35.5. The number of ketones is 1. The Balaban J connectivity index is 2.44. The normalized spacial score (nSPS) is 14.0. The first kappa shape index (κ1) is 12.3. The molecule has 1 aliphatic heterocycles. The highest BCUT2D eigenvalue weighted by atomic mass is 16.4. The Bertz CT molecular complexity index is 562. The Morgan fingerprint density at radius 2 is 1.94 bits per heavy atom. The molecule has 1 aromatic rings. The van der Waals surface area contributed by atoms with Crippen LogP contribution < -0.4 is 4.90 Å². The number of Topliss-reactive ketones (excluding diaryl/α,β-unsaturated/α-hetero) is 1. The summed E-state index contributed by atoms with van der Waals surface area (Å²) in [6, 6.07) is 3.58. The molecule has 0 bridgehead atoms. The summed E-state index contributed by atoms with van der Waals surface area (Å²) in [6.07, 6.45) is -0.175. The first-order chi connectivity index (χ1) is 8.41. The van der Waals surface area contributed by atoms with Gasteiger partial charge in [-0.25, -0.2) is 0 Å². The van der Waals surface area contributed by atoms with Crippen LogP contribution in [0.3, 0.4) is 0 Å². The second kappa shape index (κ2) is 4.25. The number of fused-ring (bicyclic) bond motifs is 1. The maximum absolute atomic E-state index is 11.8. The SMILES string of the molecule is Cc1cc(C)c2c(c1)N(CCC(=O)O)C(=O)C2=O. The average molecular weight is 247 g/mol. The summed E-state index contributed by atoms with van der Waals surface area (Å²) in [6.45, 7) is 3.67. The quantitative estimate of drug-likeness (QED) is 0.817. The minimum atomic E-state index is -0.993. The molecule has 0 atom stereocenters. The van der Waals surface area contributed by atoms with Crippen LogP contribution in [0.25, 0.3) is 0 Å². The van der Waals surface area contributed by atoms with Crippen molar-refractivity contribution in [2.45, 2.75) is 20.3 Å². The molecule has 18 heavy (non-hydrogen) atoms. The van der Waals surface area contributed by atoms with E-state index in [0.29, 0.717) is 11.3 Å². The maximum Gasteiger partial charge on any atom is 0.305 e. The van der Waals surface area contributed by atoms with Gasteiger partial charge in [0.2, 0.25) is 0 Å². The first-order valence-electron chi connectivity index (χ1n) is 5.61. The number of rotatable bonds is 3. The van der Waals surface area contributed by atoms with Crippen molar-refractivity contribution in [1.82, 2.24) is 0 Å². The van der Waals surface area contributed by atoms with Gasteiger partial charge in [0.1, 0.15) is 0 Å². The fourth-order valence-electron chi connectivity index (χ4n) is 2.22. The fraction of sp³-hybridized carbons (Fsp3) is 0.308. The van der Waals surface area contributed by atoms with E-state index in [4.69, 9.17) is 5.11 Å². The minimum absolute atomic E-state index is 0.0236. The number of aryl methyl sites for hydroxylation is 2. The van der Waals surface area contributed by atoms with Crippen molar-refractivity contribution in [3.63, 3.8) is 0 Å². The second-order valence-corrected chi connectivity index (χ2v) is 4.41. The average Bonchev–Trinajstić information content (AvgIpc) is 2.49. The first-order valence-corrected chi connectivity index (χ1v) is 5.61. The minimum Gasteiger partial charge on any atom is -0.481 e. The Morgan fingerprint density at radius 1 is 1.28 bits per heavy atom. The molecular weight excluding hydrogens is 234 g/mol. The number of carbonyl (C=O) groups is 3. The number of benzene rings is 1. The predicted molar refractivity (Wildman–Crippen MR) is 64.9 cm³/mol.